The monoisotopic (exact) mass is 624 g/mol. The molecule has 1 atom stereocenters. The third-order valence-electron chi connectivity index (χ3n) is 10.4. The molecule has 1 aromatic heterocycles. The molecule has 3 aliphatic rings. The quantitative estimate of drug-likeness (QED) is 0.207. The standard InChI is InChI=1S/C38H35F3N2O3/c39-38(40,41)23-27-13-16-31-30-10-3-2-8-26(30)22-32(31)33(27)25-11-14-28(15-12-25)36(17-4-1-5-18-36)34(44)43-21-7-19-37(43,35(45)46)29-9-6-20-42-24-29/h2-3,6,8-16,20,24H,1,4-5,7,17-19,21-23H2,(H,45,46)/t37-/m0/s1. The van der Waals surface area contributed by atoms with Crippen LogP contribution in [0.3, 0.4) is 0 Å². The average molecular weight is 625 g/mol. The first-order valence-electron chi connectivity index (χ1n) is 16.0. The van der Waals surface area contributed by atoms with E-state index in [1.807, 2.05) is 54.6 Å². The number of pyridine rings is 1. The van der Waals surface area contributed by atoms with Crippen molar-refractivity contribution in [1.82, 2.24) is 9.88 Å². The molecule has 3 aromatic carbocycles. The van der Waals surface area contributed by atoms with Crippen molar-refractivity contribution in [3.05, 3.63) is 113 Å². The zero-order valence-corrected chi connectivity index (χ0v) is 25.4. The fourth-order valence-electron chi connectivity index (χ4n) is 8.33. The molecule has 236 valence electrons. The van der Waals surface area contributed by atoms with Gasteiger partial charge >= 0.3 is 12.1 Å². The Morgan fingerprint density at radius 1 is 0.826 bits per heavy atom. The van der Waals surface area contributed by atoms with Crippen LogP contribution in [0.15, 0.2) is 85.2 Å². The number of aliphatic carboxylic acids is 1. The summed E-state index contributed by atoms with van der Waals surface area (Å²) in [7, 11) is 0. The molecule has 5 nitrogen and oxygen atoms in total. The number of fused-ring (bicyclic) bond motifs is 3. The van der Waals surface area contributed by atoms with Crippen LogP contribution in [0.2, 0.25) is 0 Å². The zero-order valence-electron chi connectivity index (χ0n) is 25.4. The maximum absolute atomic E-state index is 14.8. The first kappa shape index (κ1) is 30.2. The lowest BCUT2D eigenvalue weighted by Crippen LogP contribution is -2.57. The second-order valence-corrected chi connectivity index (χ2v) is 12.9. The Morgan fingerprint density at radius 3 is 2.28 bits per heavy atom. The predicted molar refractivity (Wildman–Crippen MR) is 169 cm³/mol. The number of likely N-dealkylation sites (tertiary alicyclic amines) is 1. The van der Waals surface area contributed by atoms with Gasteiger partial charge in [-0.25, -0.2) is 4.79 Å². The van der Waals surface area contributed by atoms with Gasteiger partial charge in [-0.05, 0) is 82.7 Å². The molecular weight excluding hydrogens is 589 g/mol. The molecule has 2 fully saturated rings. The Balaban J connectivity index is 1.31. The predicted octanol–water partition coefficient (Wildman–Crippen LogP) is 8.23. The molecule has 7 rings (SSSR count). The summed E-state index contributed by atoms with van der Waals surface area (Å²) >= 11 is 0. The number of carbonyl (C=O) groups is 2. The van der Waals surface area contributed by atoms with E-state index in [-0.39, 0.29) is 11.5 Å². The smallest absolute Gasteiger partial charge is 0.393 e. The van der Waals surface area contributed by atoms with Crippen molar-refractivity contribution in [3.63, 3.8) is 0 Å². The molecule has 0 unspecified atom stereocenters. The second-order valence-electron chi connectivity index (χ2n) is 12.9. The lowest BCUT2D eigenvalue weighted by Gasteiger charge is -2.44. The van der Waals surface area contributed by atoms with Crippen LogP contribution in [-0.4, -0.2) is 39.6 Å². The van der Waals surface area contributed by atoms with E-state index < -0.39 is 29.5 Å². The molecule has 2 heterocycles. The highest BCUT2D eigenvalue weighted by Gasteiger charge is 2.56. The van der Waals surface area contributed by atoms with Crippen LogP contribution in [0.1, 0.15) is 72.8 Å². The summed E-state index contributed by atoms with van der Waals surface area (Å²) in [6.45, 7) is 0.331. The average Bonchev–Trinajstić information content (AvgIpc) is 3.67. The number of amides is 1. The number of alkyl halides is 3. The fourth-order valence-corrected chi connectivity index (χ4v) is 8.33. The maximum atomic E-state index is 14.8. The lowest BCUT2D eigenvalue weighted by molar-refractivity contribution is -0.160. The van der Waals surface area contributed by atoms with Gasteiger partial charge in [0.2, 0.25) is 5.91 Å². The third kappa shape index (κ3) is 4.89. The molecule has 2 aliphatic carbocycles. The minimum absolute atomic E-state index is 0.197. The largest absolute Gasteiger partial charge is 0.479 e. The zero-order chi connectivity index (χ0) is 32.1. The van der Waals surface area contributed by atoms with Crippen molar-refractivity contribution in [2.45, 2.75) is 74.9 Å². The number of nitrogens with zero attached hydrogens (tertiary/aromatic N) is 2. The highest BCUT2D eigenvalue weighted by atomic mass is 19.4. The molecule has 1 amide bonds. The Morgan fingerprint density at radius 2 is 1.59 bits per heavy atom. The SMILES string of the molecule is O=C(N1CCC[C@@]1(C(=O)O)c1cccnc1)C1(c2ccc(-c3c(CC(F)(F)F)ccc4c3Cc3ccccc3-4)cc2)CCCCC1. The van der Waals surface area contributed by atoms with Crippen LogP contribution < -0.4 is 0 Å². The minimum Gasteiger partial charge on any atom is -0.479 e. The van der Waals surface area contributed by atoms with E-state index in [1.165, 1.54) is 6.20 Å². The van der Waals surface area contributed by atoms with Crippen molar-refractivity contribution >= 4 is 11.9 Å². The summed E-state index contributed by atoms with van der Waals surface area (Å²) in [4.78, 5) is 33.5. The molecule has 1 saturated carbocycles. The Labute approximate surface area is 266 Å². The van der Waals surface area contributed by atoms with Gasteiger partial charge in [0.1, 0.15) is 0 Å². The van der Waals surface area contributed by atoms with Gasteiger partial charge in [0.25, 0.3) is 0 Å². The van der Waals surface area contributed by atoms with Crippen molar-refractivity contribution in [2.75, 3.05) is 6.54 Å². The number of carboxylic acids is 1. The summed E-state index contributed by atoms with van der Waals surface area (Å²) in [5.74, 6) is -1.26. The van der Waals surface area contributed by atoms with Crippen molar-refractivity contribution in [2.24, 2.45) is 0 Å². The van der Waals surface area contributed by atoms with Crippen LogP contribution >= 0.6 is 0 Å². The van der Waals surface area contributed by atoms with Crippen molar-refractivity contribution in [3.8, 4) is 22.3 Å². The summed E-state index contributed by atoms with van der Waals surface area (Å²) in [6.07, 6.45) is 2.95. The van der Waals surface area contributed by atoms with Crippen LogP contribution in [0.25, 0.3) is 22.3 Å². The van der Waals surface area contributed by atoms with E-state index in [9.17, 15) is 27.9 Å². The van der Waals surface area contributed by atoms with Gasteiger partial charge in [-0.2, -0.15) is 13.2 Å². The van der Waals surface area contributed by atoms with E-state index >= 15 is 0 Å². The van der Waals surface area contributed by atoms with E-state index in [0.29, 0.717) is 55.3 Å². The number of hydrogen-bond acceptors (Lipinski definition) is 3. The summed E-state index contributed by atoms with van der Waals surface area (Å²) < 4.78 is 41.4. The summed E-state index contributed by atoms with van der Waals surface area (Å²) in [5, 5.41) is 10.6. The van der Waals surface area contributed by atoms with E-state index in [0.717, 1.165) is 47.1 Å². The normalized spacial score (nSPS) is 20.3. The van der Waals surface area contributed by atoms with E-state index in [4.69, 9.17) is 0 Å². The maximum Gasteiger partial charge on any atom is 0.393 e. The first-order valence-corrected chi connectivity index (χ1v) is 16.0. The van der Waals surface area contributed by atoms with Gasteiger partial charge in [0, 0.05) is 24.5 Å². The molecule has 46 heavy (non-hydrogen) atoms. The molecule has 8 heteroatoms. The van der Waals surface area contributed by atoms with Gasteiger partial charge in [-0.15, -0.1) is 0 Å². The van der Waals surface area contributed by atoms with Crippen LogP contribution in [0.4, 0.5) is 13.2 Å². The number of rotatable bonds is 6. The second kappa shape index (κ2) is 11.4. The fraction of sp³-hybridized carbons (Fsp3) is 0.342. The molecule has 0 radical (unpaired) electrons. The van der Waals surface area contributed by atoms with E-state index in [2.05, 4.69) is 4.98 Å². The topological polar surface area (TPSA) is 70.5 Å². The number of carboxylic acid groups (broad SMARTS) is 1. The number of halogens is 3. The summed E-state index contributed by atoms with van der Waals surface area (Å²) in [5.41, 5.74) is 4.34. The van der Waals surface area contributed by atoms with E-state index in [1.54, 1.807) is 29.3 Å². The lowest BCUT2D eigenvalue weighted by atomic mass is 9.67. The first-order chi connectivity index (χ1) is 22.1. The third-order valence-corrected chi connectivity index (χ3v) is 10.4. The van der Waals surface area contributed by atoms with Crippen LogP contribution in [0, 0.1) is 0 Å². The van der Waals surface area contributed by atoms with Crippen LogP contribution in [-0.2, 0) is 33.4 Å². The summed E-state index contributed by atoms with van der Waals surface area (Å²) in [6, 6.07) is 22.2. The molecule has 0 spiro atoms. The van der Waals surface area contributed by atoms with Gasteiger partial charge in [-0.3, -0.25) is 9.78 Å². The molecule has 0 bridgehead atoms. The van der Waals surface area contributed by atoms with Crippen molar-refractivity contribution < 1.29 is 27.9 Å². The van der Waals surface area contributed by atoms with Gasteiger partial charge < -0.3 is 10.0 Å². The minimum atomic E-state index is -4.37. The van der Waals surface area contributed by atoms with Gasteiger partial charge in [0.05, 0.1) is 11.8 Å². The highest BCUT2D eigenvalue weighted by Crippen LogP contribution is 2.49. The molecule has 1 N–H and O–H groups in total. The molecular formula is C38H35F3N2O3. The number of aromatic nitrogens is 1. The molecule has 1 saturated heterocycles. The Hall–Kier alpha value is -4.46. The van der Waals surface area contributed by atoms with Gasteiger partial charge in [0.15, 0.2) is 5.54 Å². The molecule has 4 aromatic rings. The Kier molecular flexibility index (Phi) is 7.49. The highest BCUT2D eigenvalue weighted by molar-refractivity contribution is 5.95. The molecule has 1 aliphatic heterocycles. The number of benzene rings is 3. The Bertz CT molecular complexity index is 1800. The van der Waals surface area contributed by atoms with Crippen LogP contribution in [0.5, 0.6) is 0 Å². The number of carbonyl (C=O) groups excluding carboxylic acids is 1. The number of hydrogen-bond donors (Lipinski definition) is 1. The van der Waals surface area contributed by atoms with Crippen molar-refractivity contribution in [1.29, 1.82) is 0 Å². The van der Waals surface area contributed by atoms with Gasteiger partial charge in [-0.1, -0.05) is 86.0 Å².